The Morgan fingerprint density at radius 1 is 1.24 bits per heavy atom. The minimum atomic E-state index is -4.45. The smallest absolute Gasteiger partial charge is 0.368 e. The van der Waals surface area contributed by atoms with Crippen molar-refractivity contribution in [3.63, 3.8) is 0 Å². The number of nitrogens with zero attached hydrogens (tertiary/aromatic N) is 1. The normalized spacial score (nSPS) is 18.0. The first kappa shape index (κ1) is 23.3. The molecule has 0 bridgehead atoms. The number of hydrogen-bond acceptors (Lipinski definition) is 3. The summed E-state index contributed by atoms with van der Waals surface area (Å²) in [5.41, 5.74) is -1.36. The van der Waals surface area contributed by atoms with E-state index in [1.54, 1.807) is 27.7 Å². The van der Waals surface area contributed by atoms with Crippen LogP contribution < -0.4 is 15.5 Å². The molecule has 1 aromatic rings. The van der Waals surface area contributed by atoms with Crippen molar-refractivity contribution in [2.45, 2.75) is 58.3 Å². The first-order chi connectivity index (χ1) is 13.3. The molecule has 0 saturated carbocycles. The van der Waals surface area contributed by atoms with Crippen LogP contribution in [0.1, 0.15) is 46.1 Å². The van der Waals surface area contributed by atoms with E-state index < -0.39 is 17.3 Å². The predicted octanol–water partition coefficient (Wildman–Crippen LogP) is 3.99. The molecule has 9 heteroatoms. The highest BCUT2D eigenvalue weighted by atomic mass is 35.5. The van der Waals surface area contributed by atoms with Crippen LogP contribution in [0, 0.1) is 5.92 Å². The molecular weight excluding hydrogens is 407 g/mol. The highest BCUT2D eigenvalue weighted by molar-refractivity contribution is 6.33. The van der Waals surface area contributed by atoms with Crippen LogP contribution in [0.5, 0.6) is 0 Å². The van der Waals surface area contributed by atoms with Crippen LogP contribution in [-0.2, 0) is 15.8 Å². The lowest BCUT2D eigenvalue weighted by atomic mass is 9.99. The summed E-state index contributed by atoms with van der Waals surface area (Å²) >= 11 is 6.11. The average Bonchev–Trinajstić information content (AvgIpc) is 2.60. The summed E-state index contributed by atoms with van der Waals surface area (Å²) < 4.78 is 38.5. The van der Waals surface area contributed by atoms with Gasteiger partial charge in [-0.05, 0) is 44.9 Å². The number of piperidine rings is 1. The van der Waals surface area contributed by atoms with Crippen molar-refractivity contribution in [2.75, 3.05) is 18.0 Å². The van der Waals surface area contributed by atoms with Gasteiger partial charge in [0.1, 0.15) is 5.54 Å². The number of alkyl halides is 3. The van der Waals surface area contributed by atoms with Crippen LogP contribution in [0.15, 0.2) is 18.2 Å². The number of nitrogens with one attached hydrogen (secondary N) is 2. The van der Waals surface area contributed by atoms with Crippen molar-refractivity contribution in [2.24, 2.45) is 5.92 Å². The maximum Gasteiger partial charge on any atom is 0.416 e. The molecule has 29 heavy (non-hydrogen) atoms. The topological polar surface area (TPSA) is 61.4 Å². The van der Waals surface area contributed by atoms with E-state index in [1.807, 2.05) is 4.90 Å². The molecule has 1 heterocycles. The van der Waals surface area contributed by atoms with Gasteiger partial charge in [0.05, 0.1) is 16.3 Å². The summed E-state index contributed by atoms with van der Waals surface area (Å²) in [5.74, 6) is -0.766. The lowest BCUT2D eigenvalue weighted by Crippen LogP contribution is -2.59. The lowest BCUT2D eigenvalue weighted by molar-refractivity contribution is -0.137. The Morgan fingerprint density at radius 2 is 1.90 bits per heavy atom. The van der Waals surface area contributed by atoms with Crippen LogP contribution in [0.4, 0.5) is 18.9 Å². The molecule has 2 rings (SSSR count). The molecule has 1 aliphatic rings. The van der Waals surface area contributed by atoms with Crippen molar-refractivity contribution >= 4 is 29.1 Å². The SMILES string of the molecule is CC(C)C(=O)NC(C)(C)C(=O)NC1CCCN(c2ccc(C(F)(F)F)cc2Cl)C1. The van der Waals surface area contributed by atoms with E-state index in [1.165, 1.54) is 6.07 Å². The Balaban J connectivity index is 2.06. The first-order valence-corrected chi connectivity index (χ1v) is 9.93. The van der Waals surface area contributed by atoms with Crippen LogP contribution >= 0.6 is 11.6 Å². The molecule has 2 N–H and O–H groups in total. The zero-order chi connectivity index (χ0) is 22.0. The fraction of sp³-hybridized carbons (Fsp3) is 0.600. The van der Waals surface area contributed by atoms with E-state index in [0.717, 1.165) is 25.0 Å². The van der Waals surface area contributed by atoms with Gasteiger partial charge in [0.2, 0.25) is 11.8 Å². The van der Waals surface area contributed by atoms with Crippen molar-refractivity contribution in [3.8, 4) is 0 Å². The third kappa shape index (κ3) is 6.01. The van der Waals surface area contributed by atoms with Crippen LogP contribution in [0.3, 0.4) is 0 Å². The fourth-order valence-corrected chi connectivity index (χ4v) is 3.43. The molecule has 162 valence electrons. The monoisotopic (exact) mass is 433 g/mol. The fourth-order valence-electron chi connectivity index (χ4n) is 3.13. The van der Waals surface area contributed by atoms with Gasteiger partial charge in [0.15, 0.2) is 0 Å². The van der Waals surface area contributed by atoms with E-state index in [2.05, 4.69) is 10.6 Å². The second kappa shape index (κ2) is 8.81. The minimum absolute atomic E-state index is 0.0244. The quantitative estimate of drug-likeness (QED) is 0.738. The van der Waals surface area contributed by atoms with Crippen molar-refractivity contribution in [1.29, 1.82) is 0 Å². The number of rotatable bonds is 5. The molecule has 0 aliphatic carbocycles. The number of benzene rings is 1. The van der Waals surface area contributed by atoms with Crippen LogP contribution in [0.25, 0.3) is 0 Å². The molecule has 2 amide bonds. The van der Waals surface area contributed by atoms with Crippen molar-refractivity contribution in [3.05, 3.63) is 28.8 Å². The van der Waals surface area contributed by atoms with E-state index in [-0.39, 0.29) is 28.8 Å². The van der Waals surface area contributed by atoms with E-state index >= 15 is 0 Å². The highest BCUT2D eigenvalue weighted by Gasteiger charge is 2.34. The molecule has 1 saturated heterocycles. The van der Waals surface area contributed by atoms with Gasteiger partial charge in [0.25, 0.3) is 0 Å². The van der Waals surface area contributed by atoms with Gasteiger partial charge in [-0.1, -0.05) is 25.4 Å². The standard InChI is InChI=1S/C20H27ClF3N3O2/c1-12(2)17(28)26-19(3,4)18(29)25-14-6-5-9-27(11-14)16-8-7-13(10-15(16)21)20(22,23)24/h7-8,10,12,14H,5-6,9,11H2,1-4H3,(H,25,29)(H,26,28). The molecule has 0 radical (unpaired) electrons. The van der Waals surface area contributed by atoms with Crippen molar-refractivity contribution in [1.82, 2.24) is 10.6 Å². The number of carbonyl (C=O) groups is 2. The summed E-state index contributed by atoms with van der Waals surface area (Å²) in [6.07, 6.45) is -2.97. The number of amides is 2. The van der Waals surface area contributed by atoms with Gasteiger partial charge in [-0.3, -0.25) is 9.59 Å². The number of carbonyl (C=O) groups excluding carboxylic acids is 2. The third-order valence-corrected chi connectivity index (χ3v) is 5.20. The summed E-state index contributed by atoms with van der Waals surface area (Å²) in [6.45, 7) is 7.81. The molecule has 1 unspecified atom stereocenters. The molecule has 0 spiro atoms. The number of anilines is 1. The Bertz CT molecular complexity index is 766. The molecule has 1 fully saturated rings. The van der Waals surface area contributed by atoms with E-state index in [0.29, 0.717) is 18.8 Å². The zero-order valence-electron chi connectivity index (χ0n) is 17.0. The summed E-state index contributed by atoms with van der Waals surface area (Å²) in [4.78, 5) is 26.5. The molecule has 0 aromatic heterocycles. The largest absolute Gasteiger partial charge is 0.416 e. The maximum atomic E-state index is 12.8. The zero-order valence-corrected chi connectivity index (χ0v) is 17.7. The first-order valence-electron chi connectivity index (χ1n) is 9.56. The van der Waals surface area contributed by atoms with Crippen LogP contribution in [0.2, 0.25) is 5.02 Å². The maximum absolute atomic E-state index is 12.8. The lowest BCUT2D eigenvalue weighted by Gasteiger charge is -2.37. The average molecular weight is 434 g/mol. The van der Waals surface area contributed by atoms with E-state index in [9.17, 15) is 22.8 Å². The molecule has 1 atom stereocenters. The summed E-state index contributed by atoms with van der Waals surface area (Å²) in [6, 6.07) is 3.09. The van der Waals surface area contributed by atoms with Crippen LogP contribution in [-0.4, -0.2) is 36.5 Å². The van der Waals surface area contributed by atoms with Crippen molar-refractivity contribution < 1.29 is 22.8 Å². The Morgan fingerprint density at radius 3 is 2.45 bits per heavy atom. The van der Waals surface area contributed by atoms with E-state index in [4.69, 9.17) is 11.6 Å². The van der Waals surface area contributed by atoms with Gasteiger partial charge in [-0.2, -0.15) is 13.2 Å². The Kier molecular flexibility index (Phi) is 7.09. The third-order valence-electron chi connectivity index (χ3n) is 4.90. The second-order valence-electron chi connectivity index (χ2n) is 8.19. The minimum Gasteiger partial charge on any atom is -0.368 e. The van der Waals surface area contributed by atoms with Gasteiger partial charge in [-0.15, -0.1) is 0 Å². The highest BCUT2D eigenvalue weighted by Crippen LogP contribution is 2.35. The predicted molar refractivity (Wildman–Crippen MR) is 107 cm³/mol. The Hall–Kier alpha value is -1.96. The second-order valence-corrected chi connectivity index (χ2v) is 8.60. The van der Waals surface area contributed by atoms with Gasteiger partial charge >= 0.3 is 6.18 Å². The number of halogens is 4. The molecule has 1 aliphatic heterocycles. The van der Waals surface area contributed by atoms with Gasteiger partial charge in [0, 0.05) is 25.0 Å². The Labute approximate surface area is 174 Å². The van der Waals surface area contributed by atoms with Gasteiger partial charge in [-0.25, -0.2) is 0 Å². The molecular formula is C20H27ClF3N3O2. The molecule has 1 aromatic carbocycles. The van der Waals surface area contributed by atoms with Gasteiger partial charge < -0.3 is 15.5 Å². The molecule has 5 nitrogen and oxygen atoms in total. The summed E-state index contributed by atoms with van der Waals surface area (Å²) in [7, 11) is 0. The number of hydrogen-bond donors (Lipinski definition) is 2. The summed E-state index contributed by atoms with van der Waals surface area (Å²) in [5, 5.41) is 5.69.